The lowest BCUT2D eigenvalue weighted by Gasteiger charge is -1.98. The van der Waals surface area contributed by atoms with E-state index in [0.717, 1.165) is 18.8 Å². The monoisotopic (exact) mass is 174 g/mol. The first kappa shape index (κ1) is 14.5. The minimum atomic E-state index is -0.0648. The molecule has 0 rings (SSSR count). The molecule has 0 heterocycles. The first-order chi connectivity index (χ1) is 5.62. The Kier molecular flexibility index (Phi) is 13.2. The summed E-state index contributed by atoms with van der Waals surface area (Å²) in [6, 6.07) is 0. The second kappa shape index (κ2) is 11.0. The SMILES string of the molecule is CCC(C)CC.CCC(O)CC. The summed E-state index contributed by atoms with van der Waals surface area (Å²) >= 11 is 0. The van der Waals surface area contributed by atoms with E-state index >= 15 is 0 Å². The van der Waals surface area contributed by atoms with E-state index < -0.39 is 0 Å². The van der Waals surface area contributed by atoms with Crippen LogP contribution in [0, 0.1) is 5.92 Å². The highest BCUT2D eigenvalue weighted by Gasteiger charge is 1.90. The Balaban J connectivity index is 0. The minimum absolute atomic E-state index is 0.0648. The van der Waals surface area contributed by atoms with E-state index in [4.69, 9.17) is 5.11 Å². The zero-order chi connectivity index (χ0) is 9.98. The predicted molar refractivity (Wildman–Crippen MR) is 56.3 cm³/mol. The van der Waals surface area contributed by atoms with Crippen LogP contribution >= 0.6 is 0 Å². The quantitative estimate of drug-likeness (QED) is 0.690. The zero-order valence-electron chi connectivity index (χ0n) is 9.43. The topological polar surface area (TPSA) is 20.2 Å². The lowest BCUT2D eigenvalue weighted by Crippen LogP contribution is -1.99. The largest absolute Gasteiger partial charge is 0.393 e. The minimum Gasteiger partial charge on any atom is -0.393 e. The first-order valence-electron chi connectivity index (χ1n) is 5.30. The molecular weight excluding hydrogens is 148 g/mol. The molecule has 0 fully saturated rings. The molecule has 0 saturated carbocycles. The number of aliphatic hydroxyl groups excluding tert-OH is 1. The molecule has 76 valence electrons. The number of aliphatic hydroxyl groups is 1. The van der Waals surface area contributed by atoms with Crippen molar-refractivity contribution in [2.75, 3.05) is 0 Å². The molecule has 0 aliphatic carbocycles. The summed E-state index contributed by atoms with van der Waals surface area (Å²) in [4.78, 5) is 0. The Bertz CT molecular complexity index is 53.4. The smallest absolute Gasteiger partial charge is 0.0535 e. The third-order valence-corrected chi connectivity index (χ3v) is 2.34. The number of hydrogen-bond donors (Lipinski definition) is 1. The molecule has 0 aromatic rings. The highest BCUT2D eigenvalue weighted by atomic mass is 16.3. The number of hydrogen-bond acceptors (Lipinski definition) is 1. The fourth-order valence-corrected chi connectivity index (χ4v) is 0.577. The molecule has 0 radical (unpaired) electrons. The van der Waals surface area contributed by atoms with Gasteiger partial charge in [0.1, 0.15) is 0 Å². The van der Waals surface area contributed by atoms with Crippen molar-refractivity contribution in [2.45, 2.75) is 66.4 Å². The van der Waals surface area contributed by atoms with Crippen molar-refractivity contribution in [3.63, 3.8) is 0 Å². The standard InChI is InChI=1S/C6H14.C5H12O/c1-4-6(3)5-2;1-3-5(6)4-2/h6H,4-5H2,1-3H3;5-6H,3-4H2,1-2H3. The van der Waals surface area contributed by atoms with Crippen LogP contribution < -0.4 is 0 Å². The summed E-state index contributed by atoms with van der Waals surface area (Å²) in [5.74, 6) is 0.935. The van der Waals surface area contributed by atoms with Gasteiger partial charge in [-0.15, -0.1) is 0 Å². The van der Waals surface area contributed by atoms with Gasteiger partial charge in [-0.2, -0.15) is 0 Å². The van der Waals surface area contributed by atoms with Gasteiger partial charge in [0.05, 0.1) is 6.10 Å². The van der Waals surface area contributed by atoms with Gasteiger partial charge in [-0.1, -0.05) is 47.5 Å². The van der Waals surface area contributed by atoms with E-state index in [1.165, 1.54) is 12.8 Å². The van der Waals surface area contributed by atoms with Crippen LogP contribution in [0.4, 0.5) is 0 Å². The van der Waals surface area contributed by atoms with E-state index in [0.29, 0.717) is 0 Å². The Labute approximate surface area is 78.2 Å². The van der Waals surface area contributed by atoms with Crippen molar-refractivity contribution in [3.05, 3.63) is 0 Å². The van der Waals surface area contributed by atoms with Gasteiger partial charge in [0, 0.05) is 0 Å². The average molecular weight is 174 g/mol. The van der Waals surface area contributed by atoms with Gasteiger partial charge < -0.3 is 5.11 Å². The Morgan fingerprint density at radius 2 is 1.17 bits per heavy atom. The Morgan fingerprint density at radius 1 is 0.833 bits per heavy atom. The van der Waals surface area contributed by atoms with Crippen molar-refractivity contribution in [2.24, 2.45) is 5.92 Å². The van der Waals surface area contributed by atoms with E-state index in [1.54, 1.807) is 0 Å². The average Bonchev–Trinajstić information content (AvgIpc) is 2.16. The maximum Gasteiger partial charge on any atom is 0.0535 e. The molecule has 0 spiro atoms. The summed E-state index contributed by atoms with van der Waals surface area (Å²) < 4.78 is 0. The van der Waals surface area contributed by atoms with Crippen LogP contribution in [0.15, 0.2) is 0 Å². The molecule has 0 aromatic carbocycles. The second-order valence-corrected chi connectivity index (χ2v) is 3.39. The Morgan fingerprint density at radius 3 is 1.17 bits per heavy atom. The molecule has 1 heteroatoms. The van der Waals surface area contributed by atoms with Gasteiger partial charge in [0.2, 0.25) is 0 Å². The van der Waals surface area contributed by atoms with E-state index in [-0.39, 0.29) is 6.10 Å². The highest BCUT2D eigenvalue weighted by Crippen LogP contribution is 2.02. The molecule has 0 amide bonds. The molecule has 0 atom stereocenters. The zero-order valence-corrected chi connectivity index (χ0v) is 9.43. The fourth-order valence-electron chi connectivity index (χ4n) is 0.577. The molecule has 0 bridgehead atoms. The van der Waals surface area contributed by atoms with Gasteiger partial charge >= 0.3 is 0 Å². The highest BCUT2D eigenvalue weighted by molar-refractivity contribution is 4.43. The lowest BCUT2D eigenvalue weighted by molar-refractivity contribution is 0.166. The second-order valence-electron chi connectivity index (χ2n) is 3.39. The van der Waals surface area contributed by atoms with Crippen molar-refractivity contribution in [1.29, 1.82) is 0 Å². The third-order valence-electron chi connectivity index (χ3n) is 2.34. The van der Waals surface area contributed by atoms with Crippen molar-refractivity contribution in [3.8, 4) is 0 Å². The van der Waals surface area contributed by atoms with E-state index in [1.807, 2.05) is 13.8 Å². The van der Waals surface area contributed by atoms with Crippen LogP contribution in [-0.4, -0.2) is 11.2 Å². The van der Waals surface area contributed by atoms with Crippen LogP contribution in [0.2, 0.25) is 0 Å². The number of rotatable bonds is 4. The molecule has 0 unspecified atom stereocenters. The van der Waals surface area contributed by atoms with Crippen molar-refractivity contribution in [1.82, 2.24) is 0 Å². The fraction of sp³-hybridized carbons (Fsp3) is 1.00. The van der Waals surface area contributed by atoms with Crippen LogP contribution in [0.25, 0.3) is 0 Å². The molecule has 0 aromatic heterocycles. The Hall–Kier alpha value is -0.0400. The van der Waals surface area contributed by atoms with Gasteiger partial charge in [-0.3, -0.25) is 0 Å². The van der Waals surface area contributed by atoms with Crippen LogP contribution in [0.1, 0.15) is 60.3 Å². The van der Waals surface area contributed by atoms with E-state index in [2.05, 4.69) is 20.8 Å². The van der Waals surface area contributed by atoms with Crippen molar-refractivity contribution < 1.29 is 5.11 Å². The molecule has 0 saturated heterocycles. The van der Waals surface area contributed by atoms with Crippen LogP contribution in [0.5, 0.6) is 0 Å². The third kappa shape index (κ3) is 12.6. The summed E-state index contributed by atoms with van der Waals surface area (Å²) in [7, 11) is 0. The van der Waals surface area contributed by atoms with Crippen LogP contribution in [0.3, 0.4) is 0 Å². The van der Waals surface area contributed by atoms with Gasteiger partial charge in [0.25, 0.3) is 0 Å². The van der Waals surface area contributed by atoms with Crippen LogP contribution in [-0.2, 0) is 0 Å². The van der Waals surface area contributed by atoms with Gasteiger partial charge in [-0.05, 0) is 18.8 Å². The van der Waals surface area contributed by atoms with Crippen molar-refractivity contribution >= 4 is 0 Å². The summed E-state index contributed by atoms with van der Waals surface area (Å²) in [6.07, 6.45) is 4.37. The van der Waals surface area contributed by atoms with Gasteiger partial charge in [0.15, 0.2) is 0 Å². The van der Waals surface area contributed by atoms with Gasteiger partial charge in [-0.25, -0.2) is 0 Å². The molecule has 1 N–H and O–H groups in total. The summed E-state index contributed by atoms with van der Waals surface area (Å²) in [5, 5.41) is 8.67. The predicted octanol–water partition coefficient (Wildman–Crippen LogP) is 3.61. The first-order valence-corrected chi connectivity index (χ1v) is 5.30. The maximum atomic E-state index is 8.67. The van der Waals surface area contributed by atoms with E-state index in [9.17, 15) is 0 Å². The maximum absolute atomic E-state index is 8.67. The molecule has 1 nitrogen and oxygen atoms in total. The molecule has 0 aliphatic heterocycles. The molecule has 0 aliphatic rings. The lowest BCUT2D eigenvalue weighted by atomic mass is 10.1. The summed E-state index contributed by atoms with van der Waals surface area (Å²) in [5.41, 5.74) is 0. The molecular formula is C11H26O. The summed E-state index contributed by atoms with van der Waals surface area (Å²) in [6.45, 7) is 10.7. The molecule has 12 heavy (non-hydrogen) atoms. The normalized spacial score (nSPS) is 10.0.